The van der Waals surface area contributed by atoms with E-state index in [4.69, 9.17) is 25.8 Å². The third-order valence-corrected chi connectivity index (χ3v) is 3.33. The molecule has 2 aromatic rings. The van der Waals surface area contributed by atoms with Gasteiger partial charge in [0.15, 0.2) is 23.3 Å². The van der Waals surface area contributed by atoms with Crippen molar-refractivity contribution >= 4 is 29.2 Å². The number of hydrogen-bond acceptors (Lipinski definition) is 6. The van der Waals surface area contributed by atoms with Crippen LogP contribution in [0.25, 0.3) is 0 Å². The van der Waals surface area contributed by atoms with Gasteiger partial charge in [-0.15, -0.1) is 0 Å². The summed E-state index contributed by atoms with van der Waals surface area (Å²) in [6, 6.07) is 10.3. The van der Waals surface area contributed by atoms with E-state index >= 15 is 0 Å². The Hall–Kier alpha value is -2.80. The summed E-state index contributed by atoms with van der Waals surface area (Å²) in [5.74, 6) is 0.0431. The van der Waals surface area contributed by atoms with Crippen molar-refractivity contribution in [3.63, 3.8) is 0 Å². The number of ether oxygens (including phenoxy) is 3. The summed E-state index contributed by atoms with van der Waals surface area (Å²) < 4.78 is 15.5. The molecule has 0 unspecified atom stereocenters. The summed E-state index contributed by atoms with van der Waals surface area (Å²) in [4.78, 5) is 27.2. The van der Waals surface area contributed by atoms with E-state index in [1.807, 2.05) is 6.07 Å². The highest BCUT2D eigenvalue weighted by Gasteiger charge is 2.11. The van der Waals surface area contributed by atoms with Crippen LogP contribution in [0.4, 0.5) is 5.69 Å². The second-order valence-corrected chi connectivity index (χ2v) is 5.16. The molecule has 1 N–H and O–H groups in total. The maximum absolute atomic E-state index is 11.7. The lowest BCUT2D eigenvalue weighted by Gasteiger charge is -2.10. The van der Waals surface area contributed by atoms with Gasteiger partial charge in [0.2, 0.25) is 0 Å². The molecule has 0 aliphatic carbocycles. The van der Waals surface area contributed by atoms with Gasteiger partial charge in [-0.25, -0.2) is 4.98 Å². The predicted molar refractivity (Wildman–Crippen MR) is 91.9 cm³/mol. The molecule has 1 aromatic carbocycles. The van der Waals surface area contributed by atoms with E-state index in [0.29, 0.717) is 17.2 Å². The molecule has 8 heteroatoms. The van der Waals surface area contributed by atoms with E-state index in [1.54, 1.807) is 30.3 Å². The third kappa shape index (κ3) is 5.96. The molecular weight excluding hydrogens is 348 g/mol. The van der Waals surface area contributed by atoms with Gasteiger partial charge in [0, 0.05) is 6.20 Å². The Morgan fingerprint density at radius 1 is 1.16 bits per heavy atom. The second-order valence-electron chi connectivity index (χ2n) is 4.80. The Labute approximate surface area is 149 Å². The van der Waals surface area contributed by atoms with Crippen LogP contribution >= 0.6 is 11.6 Å². The topological polar surface area (TPSA) is 86.8 Å². The molecule has 25 heavy (non-hydrogen) atoms. The highest BCUT2D eigenvalue weighted by atomic mass is 35.5. The van der Waals surface area contributed by atoms with Gasteiger partial charge in [0.25, 0.3) is 5.91 Å². The summed E-state index contributed by atoms with van der Waals surface area (Å²) in [5.41, 5.74) is 0.352. The van der Waals surface area contributed by atoms with E-state index in [9.17, 15) is 9.59 Å². The number of pyridine rings is 1. The van der Waals surface area contributed by atoms with E-state index in [-0.39, 0.29) is 18.2 Å². The maximum Gasteiger partial charge on any atom is 0.309 e. The fourth-order valence-corrected chi connectivity index (χ4v) is 2.03. The van der Waals surface area contributed by atoms with Crippen LogP contribution in [0.3, 0.4) is 0 Å². The molecule has 0 fully saturated rings. The maximum atomic E-state index is 11.7. The van der Waals surface area contributed by atoms with Gasteiger partial charge < -0.3 is 19.5 Å². The number of hydrogen-bond donors (Lipinski definition) is 1. The molecule has 1 heterocycles. The third-order valence-electron chi connectivity index (χ3n) is 3.03. The van der Waals surface area contributed by atoms with Gasteiger partial charge in [-0.1, -0.05) is 23.7 Å². The number of para-hydroxylation sites is 2. The summed E-state index contributed by atoms with van der Waals surface area (Å²) in [7, 11) is 1.53. The number of rotatable bonds is 8. The molecule has 2 rings (SSSR count). The SMILES string of the molecule is COc1ccccc1OCCC(=O)OCC(=O)Nc1cccnc1Cl. The fraction of sp³-hybridized carbons (Fsp3) is 0.235. The van der Waals surface area contributed by atoms with Gasteiger partial charge in [-0.2, -0.15) is 0 Å². The Bertz CT molecular complexity index is 738. The molecule has 0 atom stereocenters. The van der Waals surface area contributed by atoms with Crippen molar-refractivity contribution in [2.75, 3.05) is 25.6 Å². The lowest BCUT2D eigenvalue weighted by Crippen LogP contribution is -2.22. The van der Waals surface area contributed by atoms with Crippen LogP contribution in [0, 0.1) is 0 Å². The summed E-state index contributed by atoms with van der Waals surface area (Å²) >= 11 is 5.82. The minimum absolute atomic E-state index is 0.00101. The second kappa shape index (κ2) is 9.48. The highest BCUT2D eigenvalue weighted by Crippen LogP contribution is 2.25. The van der Waals surface area contributed by atoms with Gasteiger partial charge in [-0.3, -0.25) is 9.59 Å². The van der Waals surface area contributed by atoms with Crippen LogP contribution in [0.5, 0.6) is 11.5 Å². The molecule has 1 aromatic heterocycles. The Morgan fingerprint density at radius 2 is 1.92 bits per heavy atom. The van der Waals surface area contributed by atoms with Crippen LogP contribution in [-0.4, -0.2) is 37.2 Å². The van der Waals surface area contributed by atoms with E-state index in [2.05, 4.69) is 10.3 Å². The van der Waals surface area contributed by atoms with Crippen LogP contribution in [0.2, 0.25) is 5.15 Å². The first-order valence-corrected chi connectivity index (χ1v) is 7.79. The number of aromatic nitrogens is 1. The Balaban J connectivity index is 1.70. The largest absolute Gasteiger partial charge is 0.493 e. The van der Waals surface area contributed by atoms with Crippen molar-refractivity contribution in [1.82, 2.24) is 4.98 Å². The van der Waals surface area contributed by atoms with E-state index in [1.165, 1.54) is 13.3 Å². The lowest BCUT2D eigenvalue weighted by atomic mass is 10.3. The number of amides is 1. The average molecular weight is 365 g/mol. The number of anilines is 1. The lowest BCUT2D eigenvalue weighted by molar-refractivity contribution is -0.147. The molecule has 0 radical (unpaired) electrons. The number of carbonyl (C=O) groups excluding carboxylic acids is 2. The fourth-order valence-electron chi connectivity index (χ4n) is 1.87. The number of benzene rings is 1. The number of esters is 1. The molecule has 0 saturated heterocycles. The van der Waals surface area contributed by atoms with Gasteiger partial charge in [-0.05, 0) is 24.3 Å². The minimum atomic E-state index is -0.553. The first-order chi connectivity index (χ1) is 12.1. The van der Waals surface area contributed by atoms with Crippen molar-refractivity contribution in [1.29, 1.82) is 0 Å². The molecule has 0 saturated carbocycles. The first kappa shape index (κ1) is 18.5. The monoisotopic (exact) mass is 364 g/mol. The van der Waals surface area contributed by atoms with Crippen molar-refractivity contribution in [3.05, 3.63) is 47.7 Å². The highest BCUT2D eigenvalue weighted by molar-refractivity contribution is 6.32. The van der Waals surface area contributed by atoms with Gasteiger partial charge in [0.1, 0.15) is 0 Å². The molecule has 0 bridgehead atoms. The van der Waals surface area contributed by atoms with Crippen molar-refractivity contribution < 1.29 is 23.8 Å². The number of methoxy groups -OCH3 is 1. The predicted octanol–water partition coefficient (Wildman–Crippen LogP) is 2.69. The quantitative estimate of drug-likeness (QED) is 0.572. The Kier molecular flexibility index (Phi) is 7.03. The summed E-state index contributed by atoms with van der Waals surface area (Å²) in [6.07, 6.45) is 1.50. The standard InChI is InChI=1S/C17H17ClN2O5/c1-23-13-6-2-3-7-14(13)24-10-8-16(22)25-11-15(21)20-12-5-4-9-19-17(12)18/h2-7,9H,8,10-11H2,1H3,(H,20,21). The van der Waals surface area contributed by atoms with Gasteiger partial charge >= 0.3 is 5.97 Å². The van der Waals surface area contributed by atoms with Crippen molar-refractivity contribution in [2.24, 2.45) is 0 Å². The zero-order valence-corrected chi connectivity index (χ0v) is 14.3. The average Bonchev–Trinajstić information content (AvgIpc) is 2.62. The van der Waals surface area contributed by atoms with Crippen LogP contribution < -0.4 is 14.8 Å². The van der Waals surface area contributed by atoms with Crippen LogP contribution in [0.15, 0.2) is 42.6 Å². The molecule has 1 amide bonds. The number of nitrogens with zero attached hydrogens (tertiary/aromatic N) is 1. The smallest absolute Gasteiger partial charge is 0.309 e. The van der Waals surface area contributed by atoms with Crippen molar-refractivity contribution in [3.8, 4) is 11.5 Å². The number of carbonyl (C=O) groups is 2. The number of nitrogens with one attached hydrogen (secondary N) is 1. The zero-order valence-electron chi connectivity index (χ0n) is 13.5. The number of halogens is 1. The summed E-state index contributed by atoms with van der Waals surface area (Å²) in [6.45, 7) is -0.312. The van der Waals surface area contributed by atoms with E-state index < -0.39 is 18.5 Å². The first-order valence-electron chi connectivity index (χ1n) is 7.42. The molecule has 132 valence electrons. The molecule has 0 spiro atoms. The van der Waals surface area contributed by atoms with Crippen molar-refractivity contribution in [2.45, 2.75) is 6.42 Å². The van der Waals surface area contributed by atoms with E-state index in [0.717, 1.165) is 0 Å². The van der Waals surface area contributed by atoms with Gasteiger partial charge in [0.05, 0.1) is 25.8 Å². The van der Waals surface area contributed by atoms with Crippen LogP contribution in [-0.2, 0) is 14.3 Å². The molecule has 0 aliphatic rings. The minimum Gasteiger partial charge on any atom is -0.493 e. The summed E-state index contributed by atoms with van der Waals surface area (Å²) in [5, 5.41) is 2.66. The molecule has 7 nitrogen and oxygen atoms in total. The zero-order chi connectivity index (χ0) is 18.1. The normalized spacial score (nSPS) is 10.0. The Morgan fingerprint density at radius 3 is 2.64 bits per heavy atom. The molecular formula is C17H17ClN2O5. The van der Waals surface area contributed by atoms with Crippen LogP contribution in [0.1, 0.15) is 6.42 Å². The molecule has 0 aliphatic heterocycles.